The van der Waals surface area contributed by atoms with Crippen LogP contribution >= 0.6 is 0 Å². The van der Waals surface area contributed by atoms with Crippen LogP contribution in [-0.2, 0) is 9.53 Å². The quantitative estimate of drug-likeness (QED) is 0.620. The number of rotatable bonds is 10. The van der Waals surface area contributed by atoms with E-state index in [1.54, 1.807) is 0 Å². The van der Waals surface area contributed by atoms with E-state index >= 15 is 0 Å². The Morgan fingerprint density at radius 1 is 1.32 bits per heavy atom. The van der Waals surface area contributed by atoms with Gasteiger partial charge in [-0.3, -0.25) is 4.79 Å². The first-order chi connectivity index (χ1) is 8.85. The van der Waals surface area contributed by atoms with Gasteiger partial charge in [0.2, 0.25) is 0 Å². The monoisotopic (exact) mass is 272 g/mol. The normalized spacial score (nSPS) is 14.7. The summed E-state index contributed by atoms with van der Waals surface area (Å²) in [5.41, 5.74) is -0.573. The van der Waals surface area contributed by atoms with Gasteiger partial charge in [0.25, 0.3) is 0 Å². The van der Waals surface area contributed by atoms with Crippen LogP contribution in [0.1, 0.15) is 47.5 Å². The van der Waals surface area contributed by atoms with Crippen molar-refractivity contribution in [3.63, 3.8) is 0 Å². The Morgan fingerprint density at radius 3 is 2.42 bits per heavy atom. The number of nitrogens with zero attached hydrogens (tertiary/aromatic N) is 1. The minimum Gasteiger partial charge on any atom is -0.465 e. The third-order valence-corrected chi connectivity index (χ3v) is 3.37. The number of likely N-dealkylation sites (N-methyl/N-ethyl adjacent to an activating group) is 1. The first-order valence-electron chi connectivity index (χ1n) is 7.46. The van der Waals surface area contributed by atoms with Crippen molar-refractivity contribution in [2.24, 2.45) is 5.92 Å². The van der Waals surface area contributed by atoms with E-state index in [-0.39, 0.29) is 5.97 Å². The molecule has 0 aliphatic rings. The zero-order valence-electron chi connectivity index (χ0n) is 13.6. The van der Waals surface area contributed by atoms with Gasteiger partial charge in [-0.05, 0) is 52.7 Å². The van der Waals surface area contributed by atoms with Crippen molar-refractivity contribution in [1.29, 1.82) is 0 Å². The molecule has 114 valence electrons. The summed E-state index contributed by atoms with van der Waals surface area (Å²) in [6.45, 7) is 13.4. The fourth-order valence-corrected chi connectivity index (χ4v) is 1.95. The fourth-order valence-electron chi connectivity index (χ4n) is 1.95. The van der Waals surface area contributed by atoms with Crippen molar-refractivity contribution < 1.29 is 9.53 Å². The van der Waals surface area contributed by atoms with Gasteiger partial charge in [-0.2, -0.15) is 0 Å². The maximum atomic E-state index is 12.0. The molecule has 0 aliphatic heterocycles. The van der Waals surface area contributed by atoms with Crippen LogP contribution in [0.25, 0.3) is 0 Å². The molecule has 1 N–H and O–H groups in total. The van der Waals surface area contributed by atoms with E-state index in [1.165, 1.54) is 6.42 Å². The highest BCUT2D eigenvalue weighted by atomic mass is 16.5. The number of nitrogens with one attached hydrogen (secondary N) is 1. The molecule has 0 aliphatic carbocycles. The SMILES string of the molecule is CCNC(C)(CCN(C)CCC(C)C)C(=O)OCC. The van der Waals surface area contributed by atoms with Crippen LogP contribution in [0.2, 0.25) is 0 Å². The van der Waals surface area contributed by atoms with Gasteiger partial charge in [0, 0.05) is 6.54 Å². The van der Waals surface area contributed by atoms with Gasteiger partial charge in [-0.15, -0.1) is 0 Å². The number of ether oxygens (including phenoxy) is 1. The molecule has 0 bridgehead atoms. The molecule has 1 atom stereocenters. The molecule has 0 fully saturated rings. The summed E-state index contributed by atoms with van der Waals surface area (Å²) in [4.78, 5) is 14.3. The number of hydrogen-bond donors (Lipinski definition) is 1. The van der Waals surface area contributed by atoms with Crippen molar-refractivity contribution in [2.45, 2.75) is 53.0 Å². The molecule has 0 saturated carbocycles. The lowest BCUT2D eigenvalue weighted by atomic mass is 9.97. The van der Waals surface area contributed by atoms with Crippen LogP contribution < -0.4 is 5.32 Å². The highest BCUT2D eigenvalue weighted by Crippen LogP contribution is 2.13. The summed E-state index contributed by atoms with van der Waals surface area (Å²) in [5.74, 6) is 0.571. The molecule has 4 nitrogen and oxygen atoms in total. The van der Waals surface area contributed by atoms with E-state index in [4.69, 9.17) is 4.74 Å². The van der Waals surface area contributed by atoms with E-state index in [0.29, 0.717) is 12.5 Å². The van der Waals surface area contributed by atoms with Crippen LogP contribution in [0.15, 0.2) is 0 Å². The lowest BCUT2D eigenvalue weighted by Crippen LogP contribution is -2.52. The third kappa shape index (κ3) is 7.53. The maximum absolute atomic E-state index is 12.0. The standard InChI is InChI=1S/C15H32N2O2/c1-7-16-15(5,14(18)19-8-2)10-12-17(6)11-9-13(3)4/h13,16H,7-12H2,1-6H3. The maximum Gasteiger partial charge on any atom is 0.326 e. The first kappa shape index (κ1) is 18.4. The summed E-state index contributed by atoms with van der Waals surface area (Å²) < 4.78 is 5.17. The predicted octanol–water partition coefficient (Wildman–Crippen LogP) is 2.29. The van der Waals surface area contributed by atoms with Crippen molar-refractivity contribution in [1.82, 2.24) is 10.2 Å². The van der Waals surface area contributed by atoms with E-state index in [9.17, 15) is 4.79 Å². The second-order valence-corrected chi connectivity index (χ2v) is 5.82. The van der Waals surface area contributed by atoms with Gasteiger partial charge in [0.15, 0.2) is 0 Å². The van der Waals surface area contributed by atoms with E-state index in [2.05, 4.69) is 31.1 Å². The highest BCUT2D eigenvalue weighted by Gasteiger charge is 2.33. The Bertz CT molecular complexity index is 257. The van der Waals surface area contributed by atoms with Crippen LogP contribution in [-0.4, -0.2) is 49.7 Å². The summed E-state index contributed by atoms with van der Waals surface area (Å²) in [7, 11) is 2.11. The summed E-state index contributed by atoms with van der Waals surface area (Å²) in [6.07, 6.45) is 1.96. The highest BCUT2D eigenvalue weighted by molar-refractivity contribution is 5.80. The van der Waals surface area contributed by atoms with Crippen LogP contribution in [0.4, 0.5) is 0 Å². The molecule has 0 radical (unpaired) electrons. The second kappa shape index (κ2) is 9.32. The van der Waals surface area contributed by atoms with Crippen LogP contribution in [0.5, 0.6) is 0 Å². The first-order valence-corrected chi connectivity index (χ1v) is 7.46. The molecule has 0 aromatic carbocycles. The molecule has 0 aromatic heterocycles. The van der Waals surface area contributed by atoms with Gasteiger partial charge in [0.1, 0.15) is 5.54 Å². The average molecular weight is 272 g/mol. The number of esters is 1. The topological polar surface area (TPSA) is 41.6 Å². The largest absolute Gasteiger partial charge is 0.465 e. The molecule has 19 heavy (non-hydrogen) atoms. The molecule has 0 spiro atoms. The minimum atomic E-state index is -0.573. The number of carbonyl (C=O) groups is 1. The Balaban J connectivity index is 4.30. The smallest absolute Gasteiger partial charge is 0.326 e. The molecule has 4 heteroatoms. The van der Waals surface area contributed by atoms with Crippen molar-refractivity contribution in [2.75, 3.05) is 33.3 Å². The average Bonchev–Trinajstić information content (AvgIpc) is 2.34. The molecule has 0 saturated heterocycles. The Hall–Kier alpha value is -0.610. The Kier molecular flexibility index (Phi) is 9.02. The number of carbonyl (C=O) groups excluding carboxylic acids is 1. The van der Waals surface area contributed by atoms with E-state index in [0.717, 1.165) is 26.1 Å². The minimum absolute atomic E-state index is 0.144. The van der Waals surface area contributed by atoms with Gasteiger partial charge < -0.3 is 15.0 Å². The lowest BCUT2D eigenvalue weighted by Gasteiger charge is -2.30. The zero-order valence-corrected chi connectivity index (χ0v) is 13.6. The summed E-state index contributed by atoms with van der Waals surface area (Å²) >= 11 is 0. The molecule has 0 amide bonds. The fraction of sp³-hybridized carbons (Fsp3) is 0.933. The van der Waals surface area contributed by atoms with E-state index < -0.39 is 5.54 Å². The molecule has 1 unspecified atom stereocenters. The number of hydrogen-bond acceptors (Lipinski definition) is 4. The van der Waals surface area contributed by atoms with Crippen molar-refractivity contribution >= 4 is 5.97 Å². The van der Waals surface area contributed by atoms with Gasteiger partial charge in [-0.25, -0.2) is 0 Å². The molecule has 0 heterocycles. The summed E-state index contributed by atoms with van der Waals surface area (Å²) in [5, 5.41) is 3.26. The Morgan fingerprint density at radius 2 is 1.95 bits per heavy atom. The summed E-state index contributed by atoms with van der Waals surface area (Å²) in [6, 6.07) is 0. The van der Waals surface area contributed by atoms with Gasteiger partial charge >= 0.3 is 5.97 Å². The van der Waals surface area contributed by atoms with Crippen molar-refractivity contribution in [3.8, 4) is 0 Å². The van der Waals surface area contributed by atoms with Gasteiger partial charge in [0.05, 0.1) is 6.61 Å². The molecule has 0 rings (SSSR count). The predicted molar refractivity (Wildman–Crippen MR) is 80.3 cm³/mol. The zero-order chi connectivity index (χ0) is 14.9. The van der Waals surface area contributed by atoms with Crippen LogP contribution in [0.3, 0.4) is 0 Å². The Labute approximate surface area is 118 Å². The third-order valence-electron chi connectivity index (χ3n) is 3.37. The molecule has 0 aromatic rings. The van der Waals surface area contributed by atoms with Crippen molar-refractivity contribution in [3.05, 3.63) is 0 Å². The molecular weight excluding hydrogens is 240 g/mol. The molecular formula is C15H32N2O2. The lowest BCUT2D eigenvalue weighted by molar-refractivity contribution is -0.151. The second-order valence-electron chi connectivity index (χ2n) is 5.82. The van der Waals surface area contributed by atoms with Gasteiger partial charge in [-0.1, -0.05) is 20.8 Å². The van der Waals surface area contributed by atoms with E-state index in [1.807, 2.05) is 20.8 Å². The van der Waals surface area contributed by atoms with Crippen LogP contribution in [0, 0.1) is 5.92 Å².